The molecular formula is C8H10BBrO2. The highest BCUT2D eigenvalue weighted by Gasteiger charge is 2.15. The van der Waals surface area contributed by atoms with Gasteiger partial charge in [0.25, 0.3) is 0 Å². The Labute approximate surface area is 80.5 Å². The van der Waals surface area contributed by atoms with E-state index in [9.17, 15) is 0 Å². The van der Waals surface area contributed by atoms with Gasteiger partial charge in [0.05, 0.1) is 0 Å². The van der Waals surface area contributed by atoms with E-state index >= 15 is 0 Å². The van der Waals surface area contributed by atoms with Gasteiger partial charge in [-0.2, -0.15) is 0 Å². The van der Waals surface area contributed by atoms with Crippen molar-refractivity contribution in [1.82, 2.24) is 0 Å². The van der Waals surface area contributed by atoms with Gasteiger partial charge in [-0.3, -0.25) is 0 Å². The van der Waals surface area contributed by atoms with E-state index in [1.54, 1.807) is 6.07 Å². The molecule has 0 amide bonds. The minimum Gasteiger partial charge on any atom is -0.423 e. The van der Waals surface area contributed by atoms with Crippen LogP contribution in [0, 0.1) is 13.8 Å². The Morgan fingerprint density at radius 2 is 1.83 bits per heavy atom. The fourth-order valence-electron chi connectivity index (χ4n) is 1.11. The van der Waals surface area contributed by atoms with Crippen LogP contribution in [-0.2, 0) is 0 Å². The first-order valence-electron chi connectivity index (χ1n) is 3.65. The molecule has 0 fully saturated rings. The third-order valence-corrected chi connectivity index (χ3v) is 2.63. The van der Waals surface area contributed by atoms with Gasteiger partial charge in [-0.1, -0.05) is 27.6 Å². The zero-order valence-electron chi connectivity index (χ0n) is 7.00. The van der Waals surface area contributed by atoms with Gasteiger partial charge in [0, 0.05) is 4.47 Å². The van der Waals surface area contributed by atoms with Crippen molar-refractivity contribution in [3.8, 4) is 0 Å². The molecular weight excluding hydrogens is 219 g/mol. The van der Waals surface area contributed by atoms with E-state index in [0.717, 1.165) is 15.6 Å². The summed E-state index contributed by atoms with van der Waals surface area (Å²) in [5.74, 6) is 0. The first-order valence-corrected chi connectivity index (χ1v) is 4.44. The standard InChI is InChI=1S/C8H10BBrO2/c1-5-3-7(9(11)12)6(2)8(10)4-5/h3-4,11-12H,1-2H3. The molecule has 0 aromatic heterocycles. The zero-order valence-corrected chi connectivity index (χ0v) is 8.59. The molecule has 2 nitrogen and oxygen atoms in total. The molecule has 0 saturated heterocycles. The Hall–Kier alpha value is -0.315. The second-order valence-electron chi connectivity index (χ2n) is 2.83. The molecule has 0 bridgehead atoms. The summed E-state index contributed by atoms with van der Waals surface area (Å²) in [4.78, 5) is 0. The van der Waals surface area contributed by atoms with Crippen molar-refractivity contribution >= 4 is 28.5 Å². The van der Waals surface area contributed by atoms with Crippen LogP contribution in [-0.4, -0.2) is 17.2 Å². The van der Waals surface area contributed by atoms with E-state index < -0.39 is 7.12 Å². The van der Waals surface area contributed by atoms with E-state index in [-0.39, 0.29) is 0 Å². The fraction of sp³-hybridized carbons (Fsp3) is 0.250. The maximum Gasteiger partial charge on any atom is 0.488 e. The molecule has 0 spiro atoms. The highest BCUT2D eigenvalue weighted by molar-refractivity contribution is 9.10. The zero-order chi connectivity index (χ0) is 9.30. The van der Waals surface area contributed by atoms with E-state index in [1.807, 2.05) is 19.9 Å². The molecule has 0 aliphatic rings. The van der Waals surface area contributed by atoms with E-state index in [2.05, 4.69) is 15.9 Å². The lowest BCUT2D eigenvalue weighted by atomic mass is 9.77. The predicted octanol–water partition coefficient (Wildman–Crippen LogP) is 0.746. The topological polar surface area (TPSA) is 40.5 Å². The number of hydrogen-bond donors (Lipinski definition) is 2. The lowest BCUT2D eigenvalue weighted by Gasteiger charge is -2.07. The van der Waals surface area contributed by atoms with Crippen LogP contribution in [0.15, 0.2) is 16.6 Å². The van der Waals surface area contributed by atoms with E-state index in [4.69, 9.17) is 10.0 Å². The van der Waals surface area contributed by atoms with Crippen molar-refractivity contribution in [2.75, 3.05) is 0 Å². The van der Waals surface area contributed by atoms with Crippen LogP contribution in [0.3, 0.4) is 0 Å². The molecule has 0 aliphatic carbocycles. The summed E-state index contributed by atoms with van der Waals surface area (Å²) in [6.07, 6.45) is 0. The second kappa shape index (κ2) is 3.60. The smallest absolute Gasteiger partial charge is 0.423 e. The van der Waals surface area contributed by atoms with Crippen molar-refractivity contribution < 1.29 is 10.0 Å². The minimum atomic E-state index is -1.39. The van der Waals surface area contributed by atoms with Gasteiger partial charge in [-0.05, 0) is 30.9 Å². The van der Waals surface area contributed by atoms with Crippen LogP contribution in [0.4, 0.5) is 0 Å². The number of benzene rings is 1. The van der Waals surface area contributed by atoms with Gasteiger partial charge in [0.1, 0.15) is 0 Å². The molecule has 0 saturated carbocycles. The van der Waals surface area contributed by atoms with Gasteiger partial charge < -0.3 is 10.0 Å². The summed E-state index contributed by atoms with van der Waals surface area (Å²) in [5, 5.41) is 18.0. The van der Waals surface area contributed by atoms with Crippen molar-refractivity contribution in [3.63, 3.8) is 0 Å². The molecule has 0 heterocycles. The number of aryl methyl sites for hydroxylation is 1. The summed E-state index contributed by atoms with van der Waals surface area (Å²) in [6, 6.07) is 3.71. The second-order valence-corrected chi connectivity index (χ2v) is 3.69. The summed E-state index contributed by atoms with van der Waals surface area (Å²) >= 11 is 3.34. The van der Waals surface area contributed by atoms with Crippen molar-refractivity contribution in [2.45, 2.75) is 13.8 Å². The Kier molecular flexibility index (Phi) is 2.93. The van der Waals surface area contributed by atoms with Crippen LogP contribution in [0.2, 0.25) is 0 Å². The van der Waals surface area contributed by atoms with Crippen LogP contribution in [0.1, 0.15) is 11.1 Å². The molecule has 0 unspecified atom stereocenters. The normalized spacial score (nSPS) is 10.1. The molecule has 1 aromatic carbocycles. The number of halogens is 1. The molecule has 12 heavy (non-hydrogen) atoms. The third kappa shape index (κ3) is 1.89. The maximum absolute atomic E-state index is 8.99. The minimum absolute atomic E-state index is 0.557. The maximum atomic E-state index is 8.99. The monoisotopic (exact) mass is 228 g/mol. The number of hydrogen-bond acceptors (Lipinski definition) is 2. The van der Waals surface area contributed by atoms with Gasteiger partial charge in [-0.15, -0.1) is 0 Å². The van der Waals surface area contributed by atoms with Crippen LogP contribution >= 0.6 is 15.9 Å². The summed E-state index contributed by atoms with van der Waals surface area (Å²) in [6.45, 7) is 3.76. The Bertz CT molecular complexity index is 299. The van der Waals surface area contributed by atoms with Crippen LogP contribution in [0.25, 0.3) is 0 Å². The summed E-state index contributed by atoms with van der Waals surface area (Å²) in [5.41, 5.74) is 2.44. The lowest BCUT2D eigenvalue weighted by molar-refractivity contribution is 0.425. The molecule has 1 aromatic rings. The first kappa shape index (κ1) is 9.77. The Morgan fingerprint density at radius 3 is 2.33 bits per heavy atom. The van der Waals surface area contributed by atoms with Gasteiger partial charge in [0.2, 0.25) is 0 Å². The third-order valence-electron chi connectivity index (χ3n) is 1.81. The SMILES string of the molecule is Cc1cc(Br)c(C)c(B(O)O)c1. The van der Waals surface area contributed by atoms with E-state index in [1.165, 1.54) is 0 Å². The Morgan fingerprint density at radius 1 is 1.25 bits per heavy atom. The van der Waals surface area contributed by atoms with E-state index in [0.29, 0.717) is 5.46 Å². The van der Waals surface area contributed by atoms with Crippen molar-refractivity contribution in [1.29, 1.82) is 0 Å². The van der Waals surface area contributed by atoms with Crippen molar-refractivity contribution in [2.24, 2.45) is 0 Å². The quantitative estimate of drug-likeness (QED) is 0.697. The first-order chi connectivity index (χ1) is 5.52. The van der Waals surface area contributed by atoms with Gasteiger partial charge >= 0.3 is 7.12 Å². The fourth-order valence-corrected chi connectivity index (χ4v) is 1.70. The van der Waals surface area contributed by atoms with Crippen molar-refractivity contribution in [3.05, 3.63) is 27.7 Å². The molecule has 2 N–H and O–H groups in total. The Balaban J connectivity index is 3.28. The molecule has 0 atom stereocenters. The van der Waals surface area contributed by atoms with Gasteiger partial charge in [-0.25, -0.2) is 0 Å². The van der Waals surface area contributed by atoms with Gasteiger partial charge in [0.15, 0.2) is 0 Å². The average molecular weight is 229 g/mol. The largest absolute Gasteiger partial charge is 0.488 e. The van der Waals surface area contributed by atoms with Crippen LogP contribution in [0.5, 0.6) is 0 Å². The highest BCUT2D eigenvalue weighted by atomic mass is 79.9. The average Bonchev–Trinajstić information content (AvgIpc) is 1.96. The molecule has 4 heteroatoms. The molecule has 1 rings (SSSR count). The van der Waals surface area contributed by atoms with Crippen LogP contribution < -0.4 is 5.46 Å². The number of rotatable bonds is 1. The highest BCUT2D eigenvalue weighted by Crippen LogP contribution is 2.15. The molecule has 0 aliphatic heterocycles. The predicted molar refractivity (Wildman–Crippen MR) is 53.4 cm³/mol. The summed E-state index contributed by atoms with van der Waals surface area (Å²) < 4.78 is 0.908. The summed E-state index contributed by atoms with van der Waals surface area (Å²) in [7, 11) is -1.39. The molecule has 64 valence electrons. The lowest BCUT2D eigenvalue weighted by Crippen LogP contribution is -2.32. The molecule has 0 radical (unpaired) electrons.